The van der Waals surface area contributed by atoms with E-state index in [4.69, 9.17) is 4.74 Å². The van der Waals surface area contributed by atoms with Gasteiger partial charge < -0.3 is 15.0 Å². The van der Waals surface area contributed by atoms with Crippen molar-refractivity contribution in [3.8, 4) is 5.75 Å². The van der Waals surface area contributed by atoms with Gasteiger partial charge in [-0.2, -0.15) is 0 Å². The normalized spacial score (nSPS) is 12.9. The van der Waals surface area contributed by atoms with Crippen molar-refractivity contribution in [2.75, 3.05) is 24.2 Å². The number of aryl methyl sites for hydroxylation is 1. The van der Waals surface area contributed by atoms with Crippen molar-refractivity contribution < 1.29 is 22.7 Å². The first-order chi connectivity index (χ1) is 17.0. The Kier molecular flexibility index (Phi) is 10.8. The van der Waals surface area contributed by atoms with E-state index in [9.17, 15) is 18.0 Å². The summed E-state index contributed by atoms with van der Waals surface area (Å²) in [4.78, 5) is 27.8. The highest BCUT2D eigenvalue weighted by molar-refractivity contribution is 7.92. The van der Waals surface area contributed by atoms with Crippen molar-refractivity contribution in [1.82, 2.24) is 10.2 Å². The van der Waals surface area contributed by atoms with E-state index in [2.05, 4.69) is 5.32 Å². The highest BCUT2D eigenvalue weighted by atomic mass is 32.2. The number of carbonyl (C=O) groups excluding carboxylic acids is 2. The molecule has 2 aromatic carbocycles. The van der Waals surface area contributed by atoms with Crippen molar-refractivity contribution in [2.24, 2.45) is 0 Å². The molecule has 0 spiro atoms. The van der Waals surface area contributed by atoms with E-state index < -0.39 is 16.1 Å². The maximum atomic E-state index is 13.3. The second-order valence-corrected chi connectivity index (χ2v) is 11.0. The number of rotatable bonds is 13. The molecule has 9 heteroatoms. The Balaban J connectivity index is 2.17. The Hall–Kier alpha value is -3.07. The molecule has 2 amide bonds. The number of nitrogens with one attached hydrogen (secondary N) is 1. The Morgan fingerprint density at radius 1 is 1.03 bits per heavy atom. The van der Waals surface area contributed by atoms with Gasteiger partial charge in [0.2, 0.25) is 21.8 Å². The fourth-order valence-corrected chi connectivity index (χ4v) is 4.66. The summed E-state index contributed by atoms with van der Waals surface area (Å²) in [7, 11) is -1.93. The van der Waals surface area contributed by atoms with Gasteiger partial charge >= 0.3 is 0 Å². The first kappa shape index (κ1) is 29.2. The first-order valence-electron chi connectivity index (χ1n) is 12.2. The minimum atomic E-state index is -3.52. The predicted octanol–water partition coefficient (Wildman–Crippen LogP) is 3.88. The zero-order chi connectivity index (χ0) is 26.9. The summed E-state index contributed by atoms with van der Waals surface area (Å²) in [6, 6.07) is 13.9. The quantitative estimate of drug-likeness (QED) is 0.435. The van der Waals surface area contributed by atoms with Crippen LogP contribution in [0.4, 0.5) is 5.69 Å². The number of hydrogen-bond acceptors (Lipinski definition) is 5. The molecule has 0 unspecified atom stereocenters. The van der Waals surface area contributed by atoms with Crippen molar-refractivity contribution in [3.63, 3.8) is 0 Å². The Morgan fingerprint density at radius 3 is 2.17 bits per heavy atom. The third-order valence-electron chi connectivity index (χ3n) is 6.15. The summed E-state index contributed by atoms with van der Waals surface area (Å²) in [5.74, 6) is 0.273. The third kappa shape index (κ3) is 8.55. The fourth-order valence-electron chi connectivity index (χ4n) is 3.69. The van der Waals surface area contributed by atoms with Crippen LogP contribution in [0.15, 0.2) is 48.5 Å². The van der Waals surface area contributed by atoms with Crippen LogP contribution in [0.3, 0.4) is 0 Å². The monoisotopic (exact) mass is 517 g/mol. The summed E-state index contributed by atoms with van der Waals surface area (Å²) in [6.07, 6.45) is 2.37. The molecule has 198 valence electrons. The summed E-state index contributed by atoms with van der Waals surface area (Å²) in [5, 5.41) is 2.95. The minimum absolute atomic E-state index is 0.00397. The molecule has 2 rings (SSSR count). The lowest BCUT2D eigenvalue weighted by Crippen LogP contribution is -2.49. The summed E-state index contributed by atoms with van der Waals surface area (Å²) >= 11 is 0. The molecular weight excluding hydrogens is 478 g/mol. The number of hydrogen-bond donors (Lipinski definition) is 1. The van der Waals surface area contributed by atoms with Crippen LogP contribution in [0.1, 0.15) is 51.2 Å². The van der Waals surface area contributed by atoms with Gasteiger partial charge in [0.15, 0.2) is 0 Å². The van der Waals surface area contributed by atoms with Gasteiger partial charge in [-0.15, -0.1) is 0 Å². The molecule has 0 saturated carbocycles. The molecule has 0 fully saturated rings. The van der Waals surface area contributed by atoms with Gasteiger partial charge in [-0.1, -0.05) is 36.8 Å². The molecule has 0 bridgehead atoms. The number of benzene rings is 2. The van der Waals surface area contributed by atoms with Gasteiger partial charge in [0.25, 0.3) is 0 Å². The molecule has 2 aromatic rings. The standard InChI is InChI=1S/C27H39N3O5S/c1-7-21(3)28-27(32)22(4)29(19-23-12-16-25(35-5)17-13-23)26(31)9-8-18-30(36(6,33)34)24-14-10-20(2)11-15-24/h10-17,21-22H,7-9,18-19H2,1-6H3,(H,28,32)/t21-,22+/m1/s1. The maximum Gasteiger partial charge on any atom is 0.242 e. The van der Waals surface area contributed by atoms with Gasteiger partial charge in [-0.3, -0.25) is 13.9 Å². The number of amides is 2. The van der Waals surface area contributed by atoms with Gasteiger partial charge in [-0.05, 0) is 63.4 Å². The van der Waals surface area contributed by atoms with E-state index in [0.717, 1.165) is 23.8 Å². The number of methoxy groups -OCH3 is 1. The molecule has 0 aromatic heterocycles. The van der Waals surface area contributed by atoms with Crippen LogP contribution < -0.4 is 14.4 Å². The van der Waals surface area contributed by atoms with Gasteiger partial charge in [0, 0.05) is 25.6 Å². The fraction of sp³-hybridized carbons (Fsp3) is 0.481. The third-order valence-corrected chi connectivity index (χ3v) is 7.35. The molecule has 0 aliphatic heterocycles. The van der Waals surface area contributed by atoms with E-state index in [0.29, 0.717) is 17.9 Å². The average molecular weight is 518 g/mol. The topological polar surface area (TPSA) is 96.0 Å². The lowest BCUT2D eigenvalue weighted by molar-refractivity contribution is -0.140. The lowest BCUT2D eigenvalue weighted by atomic mass is 10.1. The van der Waals surface area contributed by atoms with Gasteiger partial charge in [0.05, 0.1) is 19.1 Å². The van der Waals surface area contributed by atoms with E-state index in [1.807, 2.05) is 57.2 Å². The molecule has 0 saturated heterocycles. The van der Waals surface area contributed by atoms with Crippen LogP contribution >= 0.6 is 0 Å². The zero-order valence-corrected chi connectivity index (χ0v) is 23.0. The van der Waals surface area contributed by atoms with Gasteiger partial charge in [-0.25, -0.2) is 8.42 Å². The van der Waals surface area contributed by atoms with Crippen molar-refractivity contribution >= 4 is 27.5 Å². The molecule has 36 heavy (non-hydrogen) atoms. The Morgan fingerprint density at radius 2 is 1.64 bits per heavy atom. The van der Waals surface area contributed by atoms with Crippen LogP contribution in [0, 0.1) is 6.92 Å². The van der Waals surface area contributed by atoms with Crippen LogP contribution in [0.2, 0.25) is 0 Å². The lowest BCUT2D eigenvalue weighted by Gasteiger charge is -2.30. The number of sulfonamides is 1. The molecule has 0 radical (unpaired) electrons. The highest BCUT2D eigenvalue weighted by Gasteiger charge is 2.27. The van der Waals surface area contributed by atoms with E-state index in [1.165, 1.54) is 4.31 Å². The molecular formula is C27H39N3O5S. The molecule has 0 heterocycles. The van der Waals surface area contributed by atoms with E-state index in [-0.39, 0.29) is 37.4 Å². The first-order valence-corrected chi connectivity index (χ1v) is 14.1. The van der Waals surface area contributed by atoms with Crippen LogP contribution in [-0.2, 0) is 26.2 Å². The predicted molar refractivity (Wildman–Crippen MR) is 144 cm³/mol. The number of nitrogens with zero attached hydrogens (tertiary/aromatic N) is 2. The molecule has 8 nitrogen and oxygen atoms in total. The molecule has 0 aliphatic rings. The SMILES string of the molecule is CC[C@@H](C)NC(=O)[C@H](C)N(Cc1ccc(OC)cc1)C(=O)CCCN(c1ccc(C)cc1)S(C)(=O)=O. The second-order valence-electron chi connectivity index (χ2n) is 9.14. The molecule has 1 N–H and O–H groups in total. The number of carbonyl (C=O) groups is 2. The molecule has 0 aliphatic carbocycles. The minimum Gasteiger partial charge on any atom is -0.497 e. The van der Waals surface area contributed by atoms with E-state index in [1.54, 1.807) is 31.1 Å². The van der Waals surface area contributed by atoms with Crippen molar-refractivity contribution in [2.45, 2.75) is 65.6 Å². The highest BCUT2D eigenvalue weighted by Crippen LogP contribution is 2.20. The van der Waals surface area contributed by atoms with Crippen molar-refractivity contribution in [3.05, 3.63) is 59.7 Å². The second kappa shape index (κ2) is 13.3. The Labute approximate surface area is 215 Å². The summed E-state index contributed by atoms with van der Waals surface area (Å²) in [5.41, 5.74) is 2.46. The number of anilines is 1. The zero-order valence-electron chi connectivity index (χ0n) is 22.2. The number of ether oxygens (including phenoxy) is 1. The largest absolute Gasteiger partial charge is 0.497 e. The van der Waals surface area contributed by atoms with Crippen molar-refractivity contribution in [1.29, 1.82) is 0 Å². The van der Waals surface area contributed by atoms with Gasteiger partial charge in [0.1, 0.15) is 11.8 Å². The van der Waals surface area contributed by atoms with Crippen LogP contribution in [0.25, 0.3) is 0 Å². The smallest absolute Gasteiger partial charge is 0.242 e. The average Bonchev–Trinajstić information content (AvgIpc) is 2.84. The maximum absolute atomic E-state index is 13.3. The van der Waals surface area contributed by atoms with Crippen LogP contribution in [-0.4, -0.2) is 57.1 Å². The van der Waals surface area contributed by atoms with Crippen LogP contribution in [0.5, 0.6) is 5.75 Å². The summed E-state index contributed by atoms with van der Waals surface area (Å²) < 4.78 is 31.4. The summed E-state index contributed by atoms with van der Waals surface area (Å²) in [6.45, 7) is 7.98. The molecule has 2 atom stereocenters. The Bertz CT molecular complexity index is 1100. The van der Waals surface area contributed by atoms with E-state index >= 15 is 0 Å².